The van der Waals surface area contributed by atoms with Gasteiger partial charge in [-0.15, -0.1) is 0 Å². The Morgan fingerprint density at radius 3 is 2.11 bits per heavy atom. The van der Waals surface area contributed by atoms with Crippen LogP contribution in [0.2, 0.25) is 0 Å². The van der Waals surface area contributed by atoms with Crippen molar-refractivity contribution < 1.29 is 41.2 Å². The molecule has 2 aliphatic heterocycles. The molecule has 0 saturated heterocycles. The first-order valence-electron chi connectivity index (χ1n) is 10.9. The summed E-state index contributed by atoms with van der Waals surface area (Å²) in [7, 11) is 0. The summed E-state index contributed by atoms with van der Waals surface area (Å²) in [5.74, 6) is -1.42. The zero-order valence-corrected chi connectivity index (χ0v) is 21.6. The molecule has 0 fully saturated rings. The number of nitrogens with one attached hydrogen (secondary N) is 1. The number of hydrazine groups is 1. The third kappa shape index (κ3) is 7.28. The molecule has 1 amide bonds. The summed E-state index contributed by atoms with van der Waals surface area (Å²) in [5.41, 5.74) is 3.79. The van der Waals surface area contributed by atoms with Gasteiger partial charge in [0.1, 0.15) is 6.04 Å². The number of hydrogen-bond acceptors (Lipinski definition) is 4. The normalized spacial score (nSPS) is 13.0. The van der Waals surface area contributed by atoms with Crippen LogP contribution in [0.3, 0.4) is 0 Å². The van der Waals surface area contributed by atoms with E-state index >= 15 is 0 Å². The number of nitrogens with zero attached hydrogens (tertiary/aromatic N) is 2. The van der Waals surface area contributed by atoms with E-state index in [0.717, 1.165) is 5.56 Å². The molecule has 8 heteroatoms. The molecule has 1 atom stereocenters. The predicted octanol–water partition coefficient (Wildman–Crippen LogP) is 4.02. The molecule has 2 heterocycles. The molecular formula is C28H27N3O4Pt+4. The summed E-state index contributed by atoms with van der Waals surface area (Å²) < 4.78 is 0. The maximum absolute atomic E-state index is 12.0. The van der Waals surface area contributed by atoms with Crippen LogP contribution in [0.15, 0.2) is 116 Å². The van der Waals surface area contributed by atoms with Crippen molar-refractivity contribution in [2.24, 2.45) is 0 Å². The van der Waals surface area contributed by atoms with Crippen LogP contribution in [0.25, 0.3) is 6.08 Å². The third-order valence-electron chi connectivity index (χ3n) is 5.34. The first-order chi connectivity index (χ1) is 16.6. The Labute approximate surface area is 224 Å². The Morgan fingerprint density at radius 2 is 1.42 bits per heavy atom. The van der Waals surface area contributed by atoms with Crippen molar-refractivity contribution >= 4 is 23.6 Å². The Balaban J connectivity index is 0.000000252. The number of carboxylic acids is 1. The molecule has 0 radical (unpaired) electrons. The van der Waals surface area contributed by atoms with Gasteiger partial charge in [0, 0.05) is 36.1 Å². The average molecular weight is 665 g/mol. The molecule has 4 N–H and O–H groups in total. The zero-order valence-electron chi connectivity index (χ0n) is 19.3. The number of amides is 1. The smallest absolute Gasteiger partial charge is 0.480 e. The van der Waals surface area contributed by atoms with Crippen molar-refractivity contribution in [1.82, 2.24) is 10.3 Å². The van der Waals surface area contributed by atoms with Crippen LogP contribution in [0, 0.1) is 0 Å². The fraction of sp³-hybridized carbons (Fsp3) is 0.0714. The van der Waals surface area contributed by atoms with Gasteiger partial charge in [-0.25, -0.2) is 4.79 Å². The van der Waals surface area contributed by atoms with E-state index in [4.69, 9.17) is 0 Å². The van der Waals surface area contributed by atoms with Gasteiger partial charge in [0.05, 0.1) is 5.69 Å². The number of carboxylic acid groups (broad SMARTS) is 1. The minimum Gasteiger partial charge on any atom is -0.480 e. The number of hydrogen-bond donors (Lipinski definition) is 2. The molecule has 3 aromatic rings. The molecule has 0 saturated carbocycles. The minimum atomic E-state index is -1.04. The minimum absolute atomic E-state index is 0. The van der Waals surface area contributed by atoms with Gasteiger partial charge in [-0.1, -0.05) is 66.7 Å². The average Bonchev–Trinajstić information content (AvgIpc) is 2.89. The van der Waals surface area contributed by atoms with Gasteiger partial charge in [0.15, 0.2) is 0 Å². The number of aliphatic carboxylic acids is 1. The topological polar surface area (TPSA) is 104 Å². The number of rotatable bonds is 5. The second-order valence-electron chi connectivity index (χ2n) is 7.70. The number of anilines is 1. The second-order valence-corrected chi connectivity index (χ2v) is 7.70. The molecule has 1 unspecified atom stereocenters. The predicted molar refractivity (Wildman–Crippen MR) is 137 cm³/mol. The maximum atomic E-state index is 12.0. The van der Waals surface area contributed by atoms with Gasteiger partial charge in [0.2, 0.25) is 0 Å². The Hall–Kier alpha value is -3.93. The number of para-hydroxylation sites is 1. The van der Waals surface area contributed by atoms with Crippen molar-refractivity contribution in [1.29, 1.82) is 0 Å². The van der Waals surface area contributed by atoms with Crippen LogP contribution in [-0.4, -0.2) is 33.5 Å². The van der Waals surface area contributed by atoms with Gasteiger partial charge in [-0.3, -0.25) is 14.8 Å². The van der Waals surface area contributed by atoms with Crippen molar-refractivity contribution in [3.05, 3.63) is 132 Å². The van der Waals surface area contributed by atoms with E-state index in [0.29, 0.717) is 5.56 Å². The summed E-state index contributed by atoms with van der Waals surface area (Å²) in [5, 5.41) is 15.9. The maximum Gasteiger partial charge on any atom is 4.00 e. The van der Waals surface area contributed by atoms with E-state index < -0.39 is 12.0 Å². The van der Waals surface area contributed by atoms with E-state index in [1.165, 1.54) is 11.3 Å². The van der Waals surface area contributed by atoms with Crippen LogP contribution in [0.1, 0.15) is 21.5 Å². The number of fused-ring (bicyclic) bond motifs is 3. The molecule has 7 nitrogen and oxygen atoms in total. The summed E-state index contributed by atoms with van der Waals surface area (Å²) in [4.78, 5) is 23.2. The van der Waals surface area contributed by atoms with Crippen LogP contribution in [0.4, 0.5) is 5.69 Å². The van der Waals surface area contributed by atoms with Crippen molar-refractivity contribution in [2.45, 2.75) is 12.5 Å². The fourth-order valence-corrected chi connectivity index (χ4v) is 3.62. The van der Waals surface area contributed by atoms with Crippen molar-refractivity contribution in [2.75, 3.05) is 5.01 Å². The number of carbonyl (C=O) groups is 2. The largest absolute Gasteiger partial charge is 4.00 e. The molecule has 0 aliphatic carbocycles. The quantitative estimate of drug-likeness (QED) is 0.429. The van der Waals surface area contributed by atoms with Gasteiger partial charge in [-0.05, 0) is 42.0 Å². The summed E-state index contributed by atoms with van der Waals surface area (Å²) in [6, 6.07) is 25.2. The summed E-state index contributed by atoms with van der Waals surface area (Å²) in [6.45, 7) is 0. The number of benzene rings is 3. The van der Waals surface area contributed by atoms with Gasteiger partial charge in [0.25, 0.3) is 5.91 Å². The van der Waals surface area contributed by atoms with Gasteiger partial charge < -0.3 is 15.9 Å². The molecule has 0 aromatic heterocycles. The monoisotopic (exact) mass is 664 g/mol. The molecule has 5 rings (SSSR count). The van der Waals surface area contributed by atoms with Crippen LogP contribution in [0.5, 0.6) is 0 Å². The summed E-state index contributed by atoms with van der Waals surface area (Å²) >= 11 is 0. The first kappa shape index (κ1) is 28.3. The van der Waals surface area contributed by atoms with Crippen LogP contribution >= 0.6 is 0 Å². The molecular weight excluding hydrogens is 637 g/mol. The van der Waals surface area contributed by atoms with Gasteiger partial charge in [-0.2, -0.15) is 0 Å². The molecule has 184 valence electrons. The van der Waals surface area contributed by atoms with Crippen LogP contribution in [-0.2, 0) is 32.3 Å². The molecule has 0 spiro atoms. The van der Waals surface area contributed by atoms with Crippen LogP contribution < -0.4 is 10.3 Å². The molecule has 3 aromatic carbocycles. The van der Waals surface area contributed by atoms with E-state index in [-0.39, 0.29) is 38.9 Å². The molecule has 36 heavy (non-hydrogen) atoms. The van der Waals surface area contributed by atoms with E-state index in [1.54, 1.807) is 30.3 Å². The third-order valence-corrected chi connectivity index (χ3v) is 5.34. The Morgan fingerprint density at radius 1 is 0.806 bits per heavy atom. The zero-order chi connectivity index (χ0) is 23.8. The van der Waals surface area contributed by atoms with Crippen molar-refractivity contribution in [3.63, 3.8) is 0 Å². The van der Waals surface area contributed by atoms with Gasteiger partial charge >= 0.3 is 27.0 Å². The van der Waals surface area contributed by atoms with Crippen molar-refractivity contribution in [3.8, 4) is 0 Å². The Kier molecular flexibility index (Phi) is 10.9. The number of allylic oxidation sites excluding steroid dienone is 2. The first-order valence-corrected chi connectivity index (χ1v) is 10.9. The molecule has 2 aliphatic rings. The SMILES string of the molecule is C1=CN2C=Cc3ccccc3N2C=C1.O.O=C(NC(Cc1ccccc1)C(=O)O)c1ccccc1.[Pt+4]. The van der Waals surface area contributed by atoms with E-state index in [1.807, 2.05) is 48.7 Å². The second kappa shape index (κ2) is 13.8. The molecule has 0 bridgehead atoms. The summed E-state index contributed by atoms with van der Waals surface area (Å²) in [6.07, 6.45) is 12.6. The van der Waals surface area contributed by atoms with E-state index in [2.05, 4.69) is 58.1 Å². The van der Waals surface area contributed by atoms with E-state index in [9.17, 15) is 14.7 Å². The fourth-order valence-electron chi connectivity index (χ4n) is 3.62. The standard InChI is InChI=1S/C16H15NO3.C12H10N2.H2O.Pt/c18-15(13-9-5-2-6-10-13)17-14(16(19)20)11-12-7-3-1-4-8-12;1-2-6-12-11(5-1)7-10-13-8-3-4-9-14(12)13;;/h1-10,14H,11H2,(H,17,18)(H,19,20);1-10H;1H2;/q;;;+4. The number of carbonyl (C=O) groups excluding carboxylic acids is 1. The Bertz CT molecular complexity index is 1230.